The summed E-state index contributed by atoms with van der Waals surface area (Å²) in [5.74, 6) is 0.459. The van der Waals surface area contributed by atoms with Crippen molar-refractivity contribution in [3.05, 3.63) is 64.1 Å². The number of carbonyl (C=O) groups is 1. The van der Waals surface area contributed by atoms with Gasteiger partial charge >= 0.3 is 0 Å². The average molecular weight is 340 g/mol. The van der Waals surface area contributed by atoms with E-state index in [0.717, 1.165) is 10.6 Å². The van der Waals surface area contributed by atoms with Gasteiger partial charge in [-0.25, -0.2) is 4.98 Å². The highest BCUT2D eigenvalue weighted by atomic mass is 32.1. The lowest BCUT2D eigenvalue weighted by Gasteiger charge is -2.17. The molecule has 3 rings (SSSR count). The summed E-state index contributed by atoms with van der Waals surface area (Å²) in [6.07, 6.45) is 4.01. The van der Waals surface area contributed by atoms with Crippen LogP contribution in [0.3, 0.4) is 0 Å². The average Bonchev–Trinajstić information content (AvgIpc) is 2.93. The van der Waals surface area contributed by atoms with E-state index in [1.54, 1.807) is 17.5 Å². The van der Waals surface area contributed by atoms with Crippen molar-refractivity contribution < 1.29 is 4.79 Å². The number of thiazole rings is 1. The summed E-state index contributed by atoms with van der Waals surface area (Å²) in [5.41, 5.74) is 2.35. The van der Waals surface area contributed by atoms with Gasteiger partial charge in [0.05, 0.1) is 5.92 Å². The number of nitrogens with zero attached hydrogens (tertiary/aromatic N) is 1. The number of hydrogen-bond donors (Lipinski definition) is 1. The maximum atomic E-state index is 12.9. The van der Waals surface area contributed by atoms with Crippen LogP contribution in [0.1, 0.15) is 44.3 Å². The van der Waals surface area contributed by atoms with E-state index in [2.05, 4.69) is 44.1 Å². The molecule has 1 aliphatic carbocycles. The van der Waals surface area contributed by atoms with E-state index in [1.165, 1.54) is 5.57 Å². The van der Waals surface area contributed by atoms with Gasteiger partial charge in [0.25, 0.3) is 0 Å². The highest BCUT2D eigenvalue weighted by Gasteiger charge is 2.60. The predicted molar refractivity (Wildman–Crippen MR) is 98.7 cm³/mol. The van der Waals surface area contributed by atoms with Gasteiger partial charge in [-0.1, -0.05) is 55.8 Å². The van der Waals surface area contributed by atoms with Gasteiger partial charge in [-0.3, -0.25) is 4.79 Å². The highest BCUT2D eigenvalue weighted by molar-refractivity contribution is 7.09. The molecule has 0 aliphatic heterocycles. The quantitative estimate of drug-likeness (QED) is 0.809. The Balaban J connectivity index is 1.82. The SMILES string of the molecule is CC(C)=CC1C(C(=O)NC(c2ccccc2)c2nccs2)C1(C)C. The Morgan fingerprint density at radius 1 is 1.29 bits per heavy atom. The smallest absolute Gasteiger partial charge is 0.225 e. The minimum atomic E-state index is -0.178. The molecule has 1 N–H and O–H groups in total. The second-order valence-corrected chi connectivity index (χ2v) is 8.22. The Labute approximate surface area is 147 Å². The minimum absolute atomic E-state index is 0.0193. The molecular formula is C20H24N2OS. The number of nitrogens with one attached hydrogen (secondary N) is 1. The first kappa shape index (κ1) is 16.9. The van der Waals surface area contributed by atoms with Crippen molar-refractivity contribution in [2.45, 2.75) is 33.7 Å². The Morgan fingerprint density at radius 3 is 2.58 bits per heavy atom. The number of benzene rings is 1. The fourth-order valence-electron chi connectivity index (χ4n) is 3.39. The lowest BCUT2D eigenvalue weighted by atomic mass is 10.1. The fourth-order valence-corrected chi connectivity index (χ4v) is 4.10. The molecule has 0 spiro atoms. The summed E-state index contributed by atoms with van der Waals surface area (Å²) < 4.78 is 0. The van der Waals surface area contributed by atoms with Crippen molar-refractivity contribution in [2.24, 2.45) is 17.3 Å². The Kier molecular flexibility index (Phi) is 4.59. The third kappa shape index (κ3) is 3.29. The Morgan fingerprint density at radius 2 is 2.00 bits per heavy atom. The number of allylic oxidation sites excluding steroid dienone is 2. The first-order valence-electron chi connectivity index (χ1n) is 8.31. The second-order valence-electron chi connectivity index (χ2n) is 7.29. The zero-order chi connectivity index (χ0) is 17.3. The molecule has 0 radical (unpaired) electrons. The van der Waals surface area contributed by atoms with Gasteiger partial charge in [-0.15, -0.1) is 11.3 Å². The molecule has 3 atom stereocenters. The first-order chi connectivity index (χ1) is 11.4. The normalized spacial score (nSPS) is 22.5. The number of rotatable bonds is 5. The first-order valence-corrected chi connectivity index (χ1v) is 9.19. The van der Waals surface area contributed by atoms with E-state index in [4.69, 9.17) is 0 Å². The number of hydrogen-bond acceptors (Lipinski definition) is 3. The van der Waals surface area contributed by atoms with E-state index in [1.807, 2.05) is 35.7 Å². The molecule has 1 aromatic heterocycles. The van der Waals surface area contributed by atoms with Crippen LogP contribution >= 0.6 is 11.3 Å². The molecule has 24 heavy (non-hydrogen) atoms. The zero-order valence-electron chi connectivity index (χ0n) is 14.6. The predicted octanol–water partition coefficient (Wildman–Crippen LogP) is 4.59. The summed E-state index contributed by atoms with van der Waals surface area (Å²) >= 11 is 1.57. The lowest BCUT2D eigenvalue weighted by Crippen LogP contribution is -2.31. The third-order valence-corrected chi connectivity index (χ3v) is 5.66. The van der Waals surface area contributed by atoms with Crippen LogP contribution in [-0.4, -0.2) is 10.9 Å². The number of amides is 1. The Hall–Kier alpha value is -1.94. The standard InChI is InChI=1S/C20H24N2OS/c1-13(2)12-15-16(20(15,3)4)18(23)22-17(19-21-10-11-24-19)14-8-6-5-7-9-14/h5-12,15-17H,1-4H3,(H,22,23). The van der Waals surface area contributed by atoms with Crippen LogP contribution in [0.25, 0.3) is 0 Å². The molecular weight excluding hydrogens is 316 g/mol. The molecule has 0 saturated heterocycles. The molecule has 1 fully saturated rings. The molecule has 1 saturated carbocycles. The fraction of sp³-hybridized carbons (Fsp3) is 0.400. The van der Waals surface area contributed by atoms with Crippen LogP contribution in [0, 0.1) is 17.3 Å². The van der Waals surface area contributed by atoms with Crippen LogP contribution in [0.4, 0.5) is 0 Å². The molecule has 1 aliphatic rings. The van der Waals surface area contributed by atoms with E-state index >= 15 is 0 Å². The van der Waals surface area contributed by atoms with E-state index in [-0.39, 0.29) is 23.3 Å². The minimum Gasteiger partial charge on any atom is -0.342 e. The molecule has 1 amide bonds. The van der Waals surface area contributed by atoms with Crippen LogP contribution in [0.15, 0.2) is 53.6 Å². The van der Waals surface area contributed by atoms with Crippen molar-refractivity contribution in [1.82, 2.24) is 10.3 Å². The third-order valence-electron chi connectivity index (χ3n) is 4.82. The molecule has 0 bridgehead atoms. The van der Waals surface area contributed by atoms with Crippen molar-refractivity contribution >= 4 is 17.2 Å². The molecule has 1 heterocycles. The van der Waals surface area contributed by atoms with Gasteiger partial charge in [0.1, 0.15) is 11.0 Å². The van der Waals surface area contributed by atoms with E-state index in [0.29, 0.717) is 5.92 Å². The molecule has 3 unspecified atom stereocenters. The maximum Gasteiger partial charge on any atom is 0.225 e. The van der Waals surface area contributed by atoms with Crippen LogP contribution in [-0.2, 0) is 4.79 Å². The molecule has 126 valence electrons. The lowest BCUT2D eigenvalue weighted by molar-refractivity contribution is -0.123. The molecule has 4 heteroatoms. The van der Waals surface area contributed by atoms with Gasteiger partial charge in [0.15, 0.2) is 0 Å². The van der Waals surface area contributed by atoms with Gasteiger partial charge in [0, 0.05) is 11.6 Å². The Bertz CT molecular complexity index is 730. The van der Waals surface area contributed by atoms with Crippen molar-refractivity contribution in [3.63, 3.8) is 0 Å². The second kappa shape index (κ2) is 6.52. The van der Waals surface area contributed by atoms with Gasteiger partial charge < -0.3 is 5.32 Å². The number of aromatic nitrogens is 1. The van der Waals surface area contributed by atoms with E-state index < -0.39 is 0 Å². The summed E-state index contributed by atoms with van der Waals surface area (Å²) in [4.78, 5) is 17.3. The largest absolute Gasteiger partial charge is 0.342 e. The zero-order valence-corrected chi connectivity index (χ0v) is 15.4. The summed E-state index contributed by atoms with van der Waals surface area (Å²) in [6, 6.07) is 9.88. The van der Waals surface area contributed by atoms with Crippen molar-refractivity contribution in [1.29, 1.82) is 0 Å². The van der Waals surface area contributed by atoms with E-state index in [9.17, 15) is 4.79 Å². The number of carbonyl (C=O) groups excluding carboxylic acids is 1. The monoisotopic (exact) mass is 340 g/mol. The summed E-state index contributed by atoms with van der Waals surface area (Å²) in [5, 5.41) is 6.11. The van der Waals surface area contributed by atoms with Gasteiger partial charge in [0.2, 0.25) is 5.91 Å². The molecule has 3 nitrogen and oxygen atoms in total. The van der Waals surface area contributed by atoms with Crippen molar-refractivity contribution in [2.75, 3.05) is 0 Å². The summed E-state index contributed by atoms with van der Waals surface area (Å²) in [7, 11) is 0. The molecule has 1 aromatic carbocycles. The van der Waals surface area contributed by atoms with Gasteiger partial charge in [-0.2, -0.15) is 0 Å². The molecule has 2 aromatic rings. The highest BCUT2D eigenvalue weighted by Crippen LogP contribution is 2.59. The van der Waals surface area contributed by atoms with Gasteiger partial charge in [-0.05, 0) is 30.7 Å². The van der Waals surface area contributed by atoms with Crippen LogP contribution in [0.2, 0.25) is 0 Å². The summed E-state index contributed by atoms with van der Waals surface area (Å²) in [6.45, 7) is 8.52. The maximum absolute atomic E-state index is 12.9. The van der Waals surface area contributed by atoms with Crippen molar-refractivity contribution in [3.8, 4) is 0 Å². The van der Waals surface area contributed by atoms with Crippen LogP contribution < -0.4 is 5.32 Å². The topological polar surface area (TPSA) is 42.0 Å². The van der Waals surface area contributed by atoms with Crippen LogP contribution in [0.5, 0.6) is 0 Å².